The molecule has 0 spiro atoms. The zero-order chi connectivity index (χ0) is 30.6. The highest BCUT2D eigenvalue weighted by Gasteiger charge is 2.40. The van der Waals surface area contributed by atoms with Gasteiger partial charge in [0.05, 0.1) is 18.9 Å². The Hall–Kier alpha value is -4.13. The highest BCUT2D eigenvalue weighted by Crippen LogP contribution is 2.47. The zero-order valence-corrected chi connectivity index (χ0v) is 23.8. The number of aliphatic hydroxyl groups is 1. The Morgan fingerprint density at radius 3 is 2.65 bits per heavy atom. The third-order valence-electron chi connectivity index (χ3n) is 6.74. The second kappa shape index (κ2) is 13.0. The van der Waals surface area contributed by atoms with E-state index in [1.165, 1.54) is 6.92 Å². The largest absolute Gasteiger partial charge is 0.460 e. The molecule has 1 fully saturated rings. The first-order chi connectivity index (χ1) is 20.6. The van der Waals surface area contributed by atoms with Crippen LogP contribution in [0.25, 0.3) is 10.8 Å². The molecule has 14 heteroatoms. The molecule has 1 aromatic heterocycles. The minimum atomic E-state index is -4.36. The number of halogens is 1. The summed E-state index contributed by atoms with van der Waals surface area (Å²) in [6, 6.07) is 20.2. The van der Waals surface area contributed by atoms with E-state index in [-0.39, 0.29) is 18.8 Å². The summed E-state index contributed by atoms with van der Waals surface area (Å²) in [6.07, 6.45) is -2.95. The molecule has 0 radical (unpaired) electrons. The molecule has 12 nitrogen and oxygen atoms in total. The first kappa shape index (κ1) is 30.3. The maximum atomic E-state index is 14.1. The van der Waals surface area contributed by atoms with E-state index < -0.39 is 61.9 Å². The lowest BCUT2D eigenvalue weighted by Crippen LogP contribution is -2.36. The number of H-pyrrole nitrogens is 1. The van der Waals surface area contributed by atoms with Crippen LogP contribution < -0.4 is 20.9 Å². The number of aromatic nitrogens is 2. The number of carbonyl (C=O) groups excluding carboxylic acids is 1. The van der Waals surface area contributed by atoms with Crippen LogP contribution in [0, 0.1) is 5.82 Å². The van der Waals surface area contributed by atoms with Crippen molar-refractivity contribution in [3.05, 3.63) is 111 Å². The average molecular weight is 614 g/mol. The Morgan fingerprint density at radius 1 is 1.14 bits per heavy atom. The van der Waals surface area contributed by atoms with Crippen molar-refractivity contribution >= 4 is 24.5 Å². The molecule has 0 bridgehead atoms. The quantitative estimate of drug-likeness (QED) is 0.169. The van der Waals surface area contributed by atoms with Crippen molar-refractivity contribution in [1.82, 2.24) is 14.6 Å². The molecule has 226 valence electrons. The van der Waals surface area contributed by atoms with Crippen LogP contribution in [0.3, 0.4) is 0 Å². The van der Waals surface area contributed by atoms with Gasteiger partial charge in [-0.15, -0.1) is 0 Å². The van der Waals surface area contributed by atoms with Crippen LogP contribution in [0.4, 0.5) is 4.39 Å². The van der Waals surface area contributed by atoms with Crippen LogP contribution in [-0.2, 0) is 30.0 Å². The van der Waals surface area contributed by atoms with E-state index in [9.17, 15) is 28.4 Å². The fourth-order valence-electron chi connectivity index (χ4n) is 4.52. The van der Waals surface area contributed by atoms with Crippen LogP contribution >= 0.6 is 7.75 Å². The molecule has 0 saturated carbocycles. The topological polar surface area (TPSA) is 158 Å². The molecule has 1 aliphatic heterocycles. The molecule has 5 rings (SSSR count). The normalized spacial score (nSPS) is 20.4. The van der Waals surface area contributed by atoms with Crippen molar-refractivity contribution in [3.63, 3.8) is 0 Å². The van der Waals surface area contributed by atoms with Crippen molar-refractivity contribution in [3.8, 4) is 5.75 Å². The predicted molar refractivity (Wildman–Crippen MR) is 153 cm³/mol. The Bertz CT molecular complexity index is 1760. The molecular formula is C29H29FN3O9P. The van der Waals surface area contributed by atoms with Gasteiger partial charge < -0.3 is 19.1 Å². The number of benzene rings is 3. The van der Waals surface area contributed by atoms with E-state index in [1.54, 1.807) is 48.5 Å². The van der Waals surface area contributed by atoms with Gasteiger partial charge in [0.1, 0.15) is 30.7 Å². The predicted octanol–water partition coefficient (Wildman–Crippen LogP) is 3.40. The second-order valence-corrected chi connectivity index (χ2v) is 11.6. The molecule has 43 heavy (non-hydrogen) atoms. The first-order valence-corrected chi connectivity index (χ1v) is 14.9. The van der Waals surface area contributed by atoms with Crippen molar-refractivity contribution in [2.75, 3.05) is 6.61 Å². The lowest BCUT2D eigenvalue weighted by atomic mass is 10.1. The maximum Gasteiger partial charge on any atom is 0.459 e. The number of fused-ring (bicyclic) bond motifs is 1. The third kappa shape index (κ3) is 7.27. The van der Waals surface area contributed by atoms with Gasteiger partial charge in [-0.25, -0.2) is 9.36 Å². The number of hydrogen-bond donors (Lipinski definition) is 3. The summed E-state index contributed by atoms with van der Waals surface area (Å²) in [5, 5.41) is 14.6. The number of nitrogens with zero attached hydrogens (tertiary/aromatic N) is 1. The molecule has 4 aromatic rings. The van der Waals surface area contributed by atoms with E-state index in [2.05, 4.69) is 5.09 Å². The number of ether oxygens (including phenoxy) is 2. The molecule has 3 N–H and O–H groups in total. The molecule has 3 aromatic carbocycles. The van der Waals surface area contributed by atoms with Crippen molar-refractivity contribution in [2.45, 2.75) is 44.4 Å². The van der Waals surface area contributed by atoms with E-state index in [0.29, 0.717) is 11.6 Å². The molecule has 2 heterocycles. The summed E-state index contributed by atoms with van der Waals surface area (Å²) in [6.45, 7) is 0.929. The van der Waals surface area contributed by atoms with Crippen LogP contribution in [0.1, 0.15) is 25.1 Å². The van der Waals surface area contributed by atoms with Gasteiger partial charge >= 0.3 is 19.4 Å². The molecule has 5 unspecified atom stereocenters. The molecule has 0 aliphatic carbocycles. The standard InChI is InChI=1S/C29H29FN3O9P/c1-18(28(36)39-16-19-8-3-2-4-9-19)32-43(38,42-24-13-7-11-20-10-5-6-12-21(20)24)40-17-25-23(34)14-26(41-25)33-15-22(30)27(35)31-29(33)37/h2-13,15,18,23,25-26,34H,14,16-17H2,1H3,(H,32,38)(H,31,35,37). The number of rotatable bonds is 11. The summed E-state index contributed by atoms with van der Waals surface area (Å²) < 4.78 is 51.4. The highest BCUT2D eigenvalue weighted by atomic mass is 31.2. The Labute approximate surface area is 244 Å². The fourth-order valence-corrected chi connectivity index (χ4v) is 6.04. The monoisotopic (exact) mass is 613 g/mol. The summed E-state index contributed by atoms with van der Waals surface area (Å²) in [7, 11) is -4.36. The minimum absolute atomic E-state index is 0.00472. The SMILES string of the molecule is CC(NP(=O)(OCC1OC(n2cc(F)c(=O)[nH]c2=O)CC1O)Oc1cccc2ccccc12)C(=O)OCc1ccccc1. The van der Waals surface area contributed by atoms with E-state index >= 15 is 0 Å². The lowest BCUT2D eigenvalue weighted by molar-refractivity contribution is -0.146. The van der Waals surface area contributed by atoms with Gasteiger partial charge in [0.25, 0.3) is 5.56 Å². The van der Waals surface area contributed by atoms with E-state index in [1.807, 2.05) is 29.2 Å². The molecule has 1 saturated heterocycles. The van der Waals surface area contributed by atoms with Crippen molar-refractivity contribution in [2.24, 2.45) is 0 Å². The summed E-state index contributed by atoms with van der Waals surface area (Å²) >= 11 is 0. The molecule has 0 amide bonds. The van der Waals surface area contributed by atoms with Crippen LogP contribution in [-0.4, -0.2) is 45.5 Å². The number of aliphatic hydroxyl groups excluding tert-OH is 1. The Kier molecular flexibility index (Phi) is 9.19. The summed E-state index contributed by atoms with van der Waals surface area (Å²) in [5.41, 5.74) is -1.36. The zero-order valence-electron chi connectivity index (χ0n) is 22.9. The number of nitrogens with one attached hydrogen (secondary N) is 2. The van der Waals surface area contributed by atoms with Crippen molar-refractivity contribution in [1.29, 1.82) is 0 Å². The summed E-state index contributed by atoms with van der Waals surface area (Å²) in [5.74, 6) is -1.71. The molecule has 1 aliphatic rings. The Balaban J connectivity index is 1.33. The number of esters is 1. The van der Waals surface area contributed by atoms with Crippen LogP contribution in [0.15, 0.2) is 88.6 Å². The van der Waals surface area contributed by atoms with Gasteiger partial charge in [-0.3, -0.25) is 23.7 Å². The number of aromatic amines is 1. The van der Waals surface area contributed by atoms with E-state index in [4.69, 9.17) is 18.5 Å². The summed E-state index contributed by atoms with van der Waals surface area (Å²) in [4.78, 5) is 38.2. The van der Waals surface area contributed by atoms with Crippen LogP contribution in [0.5, 0.6) is 5.75 Å². The van der Waals surface area contributed by atoms with Gasteiger partial charge in [-0.1, -0.05) is 66.7 Å². The number of carbonyl (C=O) groups is 1. The lowest BCUT2D eigenvalue weighted by Gasteiger charge is -2.25. The third-order valence-corrected chi connectivity index (χ3v) is 8.37. The first-order valence-electron chi connectivity index (χ1n) is 13.4. The van der Waals surface area contributed by atoms with Gasteiger partial charge in [-0.2, -0.15) is 9.48 Å². The molecule has 5 atom stereocenters. The van der Waals surface area contributed by atoms with Gasteiger partial charge in [-0.05, 0) is 23.9 Å². The minimum Gasteiger partial charge on any atom is -0.460 e. The Morgan fingerprint density at radius 2 is 1.86 bits per heavy atom. The fraction of sp³-hybridized carbons (Fsp3) is 0.276. The second-order valence-electron chi connectivity index (χ2n) is 9.88. The molecular weight excluding hydrogens is 584 g/mol. The van der Waals surface area contributed by atoms with Gasteiger partial charge in [0.2, 0.25) is 5.82 Å². The number of hydrogen-bond acceptors (Lipinski definition) is 9. The smallest absolute Gasteiger partial charge is 0.459 e. The maximum absolute atomic E-state index is 14.1. The van der Waals surface area contributed by atoms with Crippen molar-refractivity contribution < 1.29 is 37.4 Å². The average Bonchev–Trinajstić information content (AvgIpc) is 3.37. The van der Waals surface area contributed by atoms with E-state index in [0.717, 1.165) is 15.5 Å². The van der Waals surface area contributed by atoms with Crippen LogP contribution in [0.2, 0.25) is 0 Å². The van der Waals surface area contributed by atoms with Gasteiger partial charge in [0, 0.05) is 11.8 Å². The highest BCUT2D eigenvalue weighted by molar-refractivity contribution is 7.52. The van der Waals surface area contributed by atoms with Gasteiger partial charge in [0.15, 0.2) is 0 Å².